The van der Waals surface area contributed by atoms with E-state index in [9.17, 15) is 14.4 Å². The SMILES string of the molecule is Cn1c(C=O)cc2nc(N3CCC[C@@H](NC(=O)O)C3)n(Cc3ccccc3Cl)c2c1=O. The second kappa shape index (κ2) is 8.43. The molecule has 9 nitrogen and oxygen atoms in total. The predicted octanol–water partition coefficient (Wildman–Crippen LogP) is 2.49. The first kappa shape index (κ1) is 20.9. The van der Waals surface area contributed by atoms with E-state index in [1.54, 1.807) is 23.7 Å². The van der Waals surface area contributed by atoms with Crippen LogP contribution >= 0.6 is 11.6 Å². The minimum Gasteiger partial charge on any atom is -0.465 e. The summed E-state index contributed by atoms with van der Waals surface area (Å²) in [5.74, 6) is 0.548. The van der Waals surface area contributed by atoms with Gasteiger partial charge in [0.25, 0.3) is 5.56 Å². The van der Waals surface area contributed by atoms with E-state index >= 15 is 0 Å². The van der Waals surface area contributed by atoms with E-state index in [4.69, 9.17) is 16.7 Å². The maximum Gasteiger partial charge on any atom is 0.404 e. The molecule has 1 amide bonds. The second-order valence-corrected chi connectivity index (χ2v) is 8.02. The number of anilines is 1. The van der Waals surface area contributed by atoms with Crippen LogP contribution in [-0.2, 0) is 13.6 Å². The van der Waals surface area contributed by atoms with E-state index in [0.717, 1.165) is 18.4 Å². The number of amides is 1. The number of aromatic nitrogens is 3. The van der Waals surface area contributed by atoms with Gasteiger partial charge in [-0.25, -0.2) is 9.78 Å². The van der Waals surface area contributed by atoms with Crippen LogP contribution in [0, 0.1) is 0 Å². The van der Waals surface area contributed by atoms with Gasteiger partial charge in [0.15, 0.2) is 6.29 Å². The minimum absolute atomic E-state index is 0.232. The fourth-order valence-corrected chi connectivity index (χ4v) is 4.25. The number of aldehydes is 1. The first-order valence-corrected chi connectivity index (χ1v) is 10.3. The van der Waals surface area contributed by atoms with E-state index < -0.39 is 6.09 Å². The number of hydrogen-bond acceptors (Lipinski definition) is 5. The van der Waals surface area contributed by atoms with Crippen molar-refractivity contribution in [3.8, 4) is 0 Å². The van der Waals surface area contributed by atoms with Crippen molar-refractivity contribution in [1.29, 1.82) is 0 Å². The van der Waals surface area contributed by atoms with Gasteiger partial charge in [-0.15, -0.1) is 0 Å². The summed E-state index contributed by atoms with van der Waals surface area (Å²) >= 11 is 6.38. The van der Waals surface area contributed by atoms with Crippen LogP contribution in [0.2, 0.25) is 5.02 Å². The van der Waals surface area contributed by atoms with Crippen LogP contribution in [-0.4, -0.2) is 50.7 Å². The molecule has 0 saturated carbocycles. The molecule has 1 aromatic carbocycles. The third kappa shape index (κ3) is 4.00. The molecule has 1 saturated heterocycles. The number of nitrogens with one attached hydrogen (secondary N) is 1. The topological polar surface area (TPSA) is 109 Å². The summed E-state index contributed by atoms with van der Waals surface area (Å²) in [5, 5.41) is 12.2. The van der Waals surface area contributed by atoms with Gasteiger partial charge in [0.2, 0.25) is 5.95 Å². The first-order valence-electron chi connectivity index (χ1n) is 9.92. The summed E-state index contributed by atoms with van der Waals surface area (Å²) in [6.07, 6.45) is 1.06. The van der Waals surface area contributed by atoms with Crippen LogP contribution in [0.1, 0.15) is 28.9 Å². The van der Waals surface area contributed by atoms with Crippen molar-refractivity contribution < 1.29 is 14.7 Å². The molecule has 0 spiro atoms. The summed E-state index contributed by atoms with van der Waals surface area (Å²) in [6, 6.07) is 8.72. The fourth-order valence-electron chi connectivity index (χ4n) is 4.05. The number of carbonyl (C=O) groups excluding carboxylic acids is 1. The number of rotatable bonds is 5. The third-order valence-corrected chi connectivity index (χ3v) is 5.96. The number of halogens is 1. The molecule has 1 aliphatic rings. The van der Waals surface area contributed by atoms with Crippen LogP contribution in [0.25, 0.3) is 11.0 Å². The molecule has 0 bridgehead atoms. The van der Waals surface area contributed by atoms with Gasteiger partial charge >= 0.3 is 6.09 Å². The number of piperidine rings is 1. The van der Waals surface area contributed by atoms with Gasteiger partial charge < -0.3 is 24.5 Å². The lowest BCUT2D eigenvalue weighted by Gasteiger charge is -2.33. The maximum atomic E-state index is 13.1. The van der Waals surface area contributed by atoms with Crippen LogP contribution in [0.15, 0.2) is 35.1 Å². The number of imidazole rings is 1. The van der Waals surface area contributed by atoms with Crippen molar-refractivity contribution in [3.63, 3.8) is 0 Å². The Morgan fingerprint density at radius 3 is 2.87 bits per heavy atom. The van der Waals surface area contributed by atoms with Gasteiger partial charge in [0.05, 0.1) is 17.8 Å². The Labute approximate surface area is 182 Å². The second-order valence-electron chi connectivity index (χ2n) is 7.61. The zero-order valence-electron chi connectivity index (χ0n) is 16.9. The largest absolute Gasteiger partial charge is 0.465 e. The van der Waals surface area contributed by atoms with Crippen molar-refractivity contribution in [2.24, 2.45) is 7.05 Å². The lowest BCUT2D eigenvalue weighted by molar-refractivity contribution is 0.111. The molecule has 0 radical (unpaired) electrons. The number of hydrogen-bond donors (Lipinski definition) is 2. The third-order valence-electron chi connectivity index (χ3n) is 5.59. The summed E-state index contributed by atoms with van der Waals surface area (Å²) in [7, 11) is 1.55. The zero-order valence-corrected chi connectivity index (χ0v) is 17.7. The molecule has 162 valence electrons. The molecule has 10 heteroatoms. The Bertz CT molecular complexity index is 1220. The molecule has 4 rings (SSSR count). The number of pyridine rings is 1. The van der Waals surface area contributed by atoms with Crippen LogP contribution in [0.4, 0.5) is 10.7 Å². The lowest BCUT2D eigenvalue weighted by atomic mass is 10.1. The molecule has 0 aliphatic carbocycles. The van der Waals surface area contributed by atoms with Gasteiger partial charge in [-0.05, 0) is 30.5 Å². The standard InChI is InChI=1S/C21H22ClN5O4/c1-25-15(12-28)9-17-18(19(25)29)27(10-13-5-2-3-7-16(13)22)20(24-17)26-8-4-6-14(11-26)23-21(30)31/h2-3,5,7,9,12,14,23H,4,6,8,10-11H2,1H3,(H,30,31)/t14-/m1/s1. The van der Waals surface area contributed by atoms with Crippen LogP contribution in [0.5, 0.6) is 0 Å². The number of fused-ring (bicyclic) bond motifs is 1. The van der Waals surface area contributed by atoms with Crippen LogP contribution in [0.3, 0.4) is 0 Å². The van der Waals surface area contributed by atoms with E-state index in [0.29, 0.717) is 47.9 Å². The Morgan fingerprint density at radius 2 is 2.16 bits per heavy atom. The Morgan fingerprint density at radius 1 is 1.39 bits per heavy atom. The van der Waals surface area contributed by atoms with Crippen LogP contribution < -0.4 is 15.8 Å². The summed E-state index contributed by atoms with van der Waals surface area (Å²) in [5.41, 5.74) is 1.51. The van der Waals surface area contributed by atoms with Crippen molar-refractivity contribution in [2.45, 2.75) is 25.4 Å². The average Bonchev–Trinajstić information content (AvgIpc) is 3.10. The maximum absolute atomic E-state index is 13.1. The van der Waals surface area contributed by atoms with E-state index in [1.165, 1.54) is 4.57 Å². The number of nitrogens with zero attached hydrogens (tertiary/aromatic N) is 4. The number of carboxylic acid groups (broad SMARTS) is 1. The number of benzene rings is 1. The first-order chi connectivity index (χ1) is 14.9. The van der Waals surface area contributed by atoms with Crippen molar-refractivity contribution in [2.75, 3.05) is 18.0 Å². The fraction of sp³-hybridized carbons (Fsp3) is 0.333. The molecular weight excluding hydrogens is 422 g/mol. The predicted molar refractivity (Wildman–Crippen MR) is 117 cm³/mol. The van der Waals surface area contributed by atoms with Gasteiger partial charge in [-0.1, -0.05) is 29.8 Å². The number of carbonyl (C=O) groups is 2. The lowest BCUT2D eigenvalue weighted by Crippen LogP contribution is -2.48. The smallest absolute Gasteiger partial charge is 0.404 e. The summed E-state index contributed by atoms with van der Waals surface area (Å²) < 4.78 is 3.10. The van der Waals surface area contributed by atoms with Gasteiger partial charge in [-0.3, -0.25) is 9.59 Å². The highest BCUT2D eigenvalue weighted by atomic mass is 35.5. The minimum atomic E-state index is -1.07. The van der Waals surface area contributed by atoms with Crippen molar-refractivity contribution in [1.82, 2.24) is 19.4 Å². The van der Waals surface area contributed by atoms with Gasteiger partial charge in [0, 0.05) is 31.2 Å². The Balaban J connectivity index is 1.86. The normalized spacial score (nSPS) is 16.5. The van der Waals surface area contributed by atoms with Crippen molar-refractivity contribution >= 4 is 41.0 Å². The Hall–Kier alpha value is -3.33. The van der Waals surface area contributed by atoms with E-state index in [-0.39, 0.29) is 17.3 Å². The molecule has 3 heterocycles. The molecule has 1 aliphatic heterocycles. The molecule has 1 fully saturated rings. The highest BCUT2D eigenvalue weighted by molar-refractivity contribution is 6.31. The molecule has 1 atom stereocenters. The van der Waals surface area contributed by atoms with E-state index in [2.05, 4.69) is 10.3 Å². The van der Waals surface area contributed by atoms with Crippen molar-refractivity contribution in [3.05, 3.63) is 57.0 Å². The highest BCUT2D eigenvalue weighted by Crippen LogP contribution is 2.27. The monoisotopic (exact) mass is 443 g/mol. The Kier molecular flexibility index (Phi) is 5.69. The quantitative estimate of drug-likeness (QED) is 0.586. The molecule has 0 unspecified atom stereocenters. The van der Waals surface area contributed by atoms with E-state index in [1.807, 2.05) is 23.1 Å². The molecule has 2 aromatic heterocycles. The summed E-state index contributed by atoms with van der Waals surface area (Å²) in [6.45, 7) is 1.41. The molecular formula is C21H22ClN5O4. The molecule has 31 heavy (non-hydrogen) atoms. The van der Waals surface area contributed by atoms with Gasteiger partial charge in [0.1, 0.15) is 5.52 Å². The molecule has 2 N–H and O–H groups in total. The average molecular weight is 444 g/mol. The summed E-state index contributed by atoms with van der Waals surface area (Å²) in [4.78, 5) is 42.3. The zero-order chi connectivity index (χ0) is 22.1. The van der Waals surface area contributed by atoms with Gasteiger partial charge in [-0.2, -0.15) is 0 Å². The molecule has 3 aromatic rings. The highest BCUT2D eigenvalue weighted by Gasteiger charge is 2.27.